The zero-order chi connectivity index (χ0) is 24.8. The molecule has 8 heteroatoms. The quantitative estimate of drug-likeness (QED) is 0.580. The molecule has 0 radical (unpaired) electrons. The van der Waals surface area contributed by atoms with Gasteiger partial charge in [0.2, 0.25) is 18.0 Å². The lowest BCUT2D eigenvalue weighted by atomic mass is 9.83. The molecule has 1 aromatic heterocycles. The Morgan fingerprint density at radius 3 is 2.66 bits per heavy atom. The van der Waals surface area contributed by atoms with Gasteiger partial charge in [0, 0.05) is 29.8 Å². The molecule has 2 aromatic rings. The molecule has 35 heavy (non-hydrogen) atoms. The number of aliphatic imine (C=N–C) groups is 1. The maximum atomic E-state index is 13.3. The van der Waals surface area contributed by atoms with Crippen LogP contribution in [0.1, 0.15) is 62.3 Å². The monoisotopic (exact) mass is 494 g/mol. The van der Waals surface area contributed by atoms with E-state index in [-0.39, 0.29) is 17.7 Å². The normalized spacial score (nSPS) is 19.4. The summed E-state index contributed by atoms with van der Waals surface area (Å²) in [5.41, 5.74) is 2.67. The number of nitrogens with zero attached hydrogens (tertiary/aromatic N) is 2. The molecule has 2 aliphatic rings. The fraction of sp³-hybridized carbons (Fsp3) is 0.481. The Morgan fingerprint density at radius 1 is 1.14 bits per heavy atom. The topological polar surface area (TPSA) is 90.9 Å². The van der Waals surface area contributed by atoms with Crippen molar-refractivity contribution in [2.45, 2.75) is 70.5 Å². The first-order valence-electron chi connectivity index (χ1n) is 12.5. The summed E-state index contributed by atoms with van der Waals surface area (Å²) in [7, 11) is 1.72. The van der Waals surface area contributed by atoms with Gasteiger partial charge in [-0.05, 0) is 50.1 Å². The first kappa shape index (κ1) is 25.1. The predicted octanol–water partition coefficient (Wildman–Crippen LogP) is 4.06. The van der Waals surface area contributed by atoms with Crippen LogP contribution >= 0.6 is 11.3 Å². The van der Waals surface area contributed by atoms with Gasteiger partial charge in [0.25, 0.3) is 5.91 Å². The number of amides is 3. The maximum absolute atomic E-state index is 13.3. The number of thiophene rings is 1. The third-order valence-electron chi connectivity index (χ3n) is 6.82. The Morgan fingerprint density at radius 2 is 1.91 bits per heavy atom. The number of nitrogens with one attached hydrogen (secondary N) is 2. The summed E-state index contributed by atoms with van der Waals surface area (Å²) >= 11 is 1.68. The molecule has 2 N–H and O–H groups in total. The minimum atomic E-state index is -1.02. The van der Waals surface area contributed by atoms with Crippen molar-refractivity contribution in [3.8, 4) is 0 Å². The Balaban J connectivity index is 1.43. The molecule has 1 aliphatic heterocycles. The fourth-order valence-electron chi connectivity index (χ4n) is 4.86. The SMILES string of the molecule is C[C@H](NC(=O)CCCc1cccs1)C(=O)NC1N=C(C2CCCCC2)c2ccccc2N(C)C1=O. The van der Waals surface area contributed by atoms with Gasteiger partial charge in [-0.25, -0.2) is 0 Å². The van der Waals surface area contributed by atoms with Gasteiger partial charge in [0.1, 0.15) is 6.04 Å². The van der Waals surface area contributed by atoms with Crippen molar-refractivity contribution in [3.05, 3.63) is 52.2 Å². The number of carbonyl (C=O) groups excluding carboxylic acids is 3. The van der Waals surface area contributed by atoms with Gasteiger partial charge in [-0.2, -0.15) is 0 Å². The number of rotatable bonds is 8. The maximum Gasteiger partial charge on any atom is 0.272 e. The Kier molecular flexibility index (Phi) is 8.33. The number of fused-ring (bicyclic) bond motifs is 1. The van der Waals surface area contributed by atoms with E-state index in [0.717, 1.165) is 55.5 Å². The summed E-state index contributed by atoms with van der Waals surface area (Å²) in [5.74, 6) is -0.608. The molecule has 1 aliphatic carbocycles. The lowest BCUT2D eigenvalue weighted by Crippen LogP contribution is -2.52. The number of benzodiazepines with no additional fused rings is 1. The first-order valence-corrected chi connectivity index (χ1v) is 13.4. The van der Waals surface area contributed by atoms with Gasteiger partial charge in [0.15, 0.2) is 0 Å². The molecule has 0 saturated heterocycles. The summed E-state index contributed by atoms with van der Waals surface area (Å²) in [5, 5.41) is 7.58. The van der Waals surface area contributed by atoms with E-state index in [2.05, 4.69) is 16.7 Å². The Hall–Kier alpha value is -3.00. The molecule has 0 bridgehead atoms. The van der Waals surface area contributed by atoms with E-state index in [1.807, 2.05) is 35.7 Å². The third-order valence-corrected chi connectivity index (χ3v) is 7.76. The lowest BCUT2D eigenvalue weighted by molar-refractivity contribution is -0.130. The molecule has 7 nitrogen and oxygen atoms in total. The number of aryl methyl sites for hydroxylation is 1. The lowest BCUT2D eigenvalue weighted by Gasteiger charge is -2.25. The predicted molar refractivity (Wildman–Crippen MR) is 140 cm³/mol. The minimum Gasteiger partial charge on any atom is -0.345 e. The van der Waals surface area contributed by atoms with E-state index in [4.69, 9.17) is 4.99 Å². The summed E-state index contributed by atoms with van der Waals surface area (Å²) < 4.78 is 0. The van der Waals surface area contributed by atoms with E-state index in [1.165, 1.54) is 11.3 Å². The summed E-state index contributed by atoms with van der Waals surface area (Å²) in [6, 6.07) is 11.1. The third kappa shape index (κ3) is 6.17. The van der Waals surface area contributed by atoms with Crippen LogP contribution < -0.4 is 15.5 Å². The minimum absolute atomic E-state index is 0.174. The molecule has 0 spiro atoms. The van der Waals surface area contributed by atoms with Crippen molar-refractivity contribution in [3.63, 3.8) is 0 Å². The van der Waals surface area contributed by atoms with Crippen LogP contribution in [0.3, 0.4) is 0 Å². The molecule has 1 aromatic carbocycles. The number of anilines is 1. The zero-order valence-electron chi connectivity index (χ0n) is 20.5. The first-order chi connectivity index (χ1) is 16.9. The van der Waals surface area contributed by atoms with Crippen LogP contribution in [0.4, 0.5) is 5.69 Å². The van der Waals surface area contributed by atoms with E-state index >= 15 is 0 Å². The van der Waals surface area contributed by atoms with Crippen LogP contribution in [0, 0.1) is 5.92 Å². The van der Waals surface area contributed by atoms with Gasteiger partial charge in [0.05, 0.1) is 11.4 Å². The van der Waals surface area contributed by atoms with Crippen molar-refractivity contribution in [2.24, 2.45) is 10.9 Å². The molecular weight excluding hydrogens is 460 g/mol. The van der Waals surface area contributed by atoms with Gasteiger partial charge in [-0.1, -0.05) is 43.5 Å². The number of hydrogen-bond donors (Lipinski definition) is 2. The van der Waals surface area contributed by atoms with Crippen LogP contribution in [-0.4, -0.2) is 42.7 Å². The second kappa shape index (κ2) is 11.6. The molecule has 3 amide bonds. The highest BCUT2D eigenvalue weighted by Crippen LogP contribution is 2.33. The molecular formula is C27H34N4O3S. The van der Waals surface area contributed by atoms with Gasteiger partial charge >= 0.3 is 0 Å². The molecule has 2 atom stereocenters. The highest BCUT2D eigenvalue weighted by atomic mass is 32.1. The van der Waals surface area contributed by atoms with Crippen molar-refractivity contribution in [1.29, 1.82) is 0 Å². The van der Waals surface area contributed by atoms with Crippen LogP contribution in [-0.2, 0) is 20.8 Å². The molecule has 1 unspecified atom stereocenters. The van der Waals surface area contributed by atoms with Crippen molar-refractivity contribution in [2.75, 3.05) is 11.9 Å². The highest BCUT2D eigenvalue weighted by Gasteiger charge is 2.34. The standard InChI is InChI=1S/C27H34N4O3S/c1-18(28-23(32)16-8-12-20-13-9-17-35-20)26(33)30-25-27(34)31(2)22-15-7-6-14-21(22)24(29-25)19-10-4-3-5-11-19/h6-7,9,13-15,17-19,25H,3-5,8,10-12,16H2,1-2H3,(H,28,32)(H,30,33)/t18-,25?/m0/s1. The molecule has 4 rings (SSSR count). The van der Waals surface area contributed by atoms with Crippen LogP contribution in [0.15, 0.2) is 46.8 Å². The van der Waals surface area contributed by atoms with E-state index in [9.17, 15) is 14.4 Å². The van der Waals surface area contributed by atoms with Crippen LogP contribution in [0.2, 0.25) is 0 Å². The average molecular weight is 495 g/mol. The van der Waals surface area contributed by atoms with E-state index in [0.29, 0.717) is 6.42 Å². The van der Waals surface area contributed by atoms with Crippen LogP contribution in [0.5, 0.6) is 0 Å². The number of para-hydroxylation sites is 1. The van der Waals surface area contributed by atoms with E-state index in [1.54, 1.807) is 30.2 Å². The number of benzene rings is 1. The number of hydrogen-bond acceptors (Lipinski definition) is 5. The fourth-order valence-corrected chi connectivity index (χ4v) is 5.61. The molecule has 1 saturated carbocycles. The molecule has 186 valence electrons. The summed E-state index contributed by atoms with van der Waals surface area (Å²) in [4.78, 5) is 46.3. The Bertz CT molecular complexity index is 1080. The molecule has 2 heterocycles. The van der Waals surface area contributed by atoms with Gasteiger partial charge < -0.3 is 15.5 Å². The largest absolute Gasteiger partial charge is 0.345 e. The number of likely N-dealkylation sites (N-methyl/N-ethyl adjacent to an activating group) is 1. The number of carbonyl (C=O) groups is 3. The van der Waals surface area contributed by atoms with Gasteiger partial charge in [-0.15, -0.1) is 11.3 Å². The zero-order valence-corrected chi connectivity index (χ0v) is 21.3. The highest BCUT2D eigenvalue weighted by molar-refractivity contribution is 7.09. The smallest absolute Gasteiger partial charge is 0.272 e. The van der Waals surface area contributed by atoms with Crippen molar-refractivity contribution >= 4 is 40.5 Å². The Labute approximate surface area is 211 Å². The average Bonchev–Trinajstić information content (AvgIpc) is 3.36. The molecule has 1 fully saturated rings. The second-order valence-electron chi connectivity index (χ2n) is 9.40. The van der Waals surface area contributed by atoms with Crippen molar-refractivity contribution < 1.29 is 14.4 Å². The summed E-state index contributed by atoms with van der Waals surface area (Å²) in [6.07, 6.45) is 6.45. The second-order valence-corrected chi connectivity index (χ2v) is 10.4. The summed E-state index contributed by atoms with van der Waals surface area (Å²) in [6.45, 7) is 1.64. The van der Waals surface area contributed by atoms with E-state index < -0.39 is 18.1 Å². The van der Waals surface area contributed by atoms with Crippen molar-refractivity contribution in [1.82, 2.24) is 10.6 Å². The van der Waals surface area contributed by atoms with Gasteiger partial charge in [-0.3, -0.25) is 19.4 Å². The van der Waals surface area contributed by atoms with Crippen LogP contribution in [0.25, 0.3) is 0 Å².